The number of amides is 1. The molecule has 0 aliphatic heterocycles. The number of para-hydroxylation sites is 1. The molecule has 2 aromatic carbocycles. The predicted octanol–water partition coefficient (Wildman–Crippen LogP) is 3.43. The van der Waals surface area contributed by atoms with Crippen molar-refractivity contribution in [1.82, 2.24) is 20.1 Å². The zero-order chi connectivity index (χ0) is 20.1. The van der Waals surface area contributed by atoms with Gasteiger partial charge in [0.25, 0.3) is 0 Å². The second-order valence-corrected chi connectivity index (χ2v) is 7.48. The average molecular weight is 400 g/mol. The van der Waals surface area contributed by atoms with Crippen molar-refractivity contribution in [2.24, 2.45) is 7.05 Å². The molecule has 0 radical (unpaired) electrons. The maximum atomic E-state index is 13.0. The third-order valence-corrected chi connectivity index (χ3v) is 5.35. The maximum absolute atomic E-state index is 13.0. The molecule has 0 bridgehead atoms. The van der Waals surface area contributed by atoms with E-state index in [1.807, 2.05) is 42.8 Å². The molecule has 6 nitrogen and oxygen atoms in total. The van der Waals surface area contributed by atoms with Crippen LogP contribution in [0.25, 0.3) is 11.4 Å². The first kappa shape index (κ1) is 19.9. The number of ether oxygens (including phenoxy) is 1. The van der Waals surface area contributed by atoms with Crippen LogP contribution < -0.4 is 10.1 Å². The van der Waals surface area contributed by atoms with E-state index in [0.29, 0.717) is 23.3 Å². The average Bonchev–Trinajstić information content (AvgIpc) is 3.07. The zero-order valence-corrected chi connectivity index (χ0v) is 16.7. The van der Waals surface area contributed by atoms with Crippen molar-refractivity contribution in [2.45, 2.75) is 23.9 Å². The van der Waals surface area contributed by atoms with Crippen molar-refractivity contribution < 1.29 is 13.9 Å². The first-order valence-corrected chi connectivity index (χ1v) is 9.59. The lowest BCUT2D eigenvalue weighted by Gasteiger charge is -2.12. The molecule has 1 heterocycles. The van der Waals surface area contributed by atoms with Gasteiger partial charge in [-0.2, -0.15) is 0 Å². The van der Waals surface area contributed by atoms with Gasteiger partial charge in [0, 0.05) is 13.6 Å². The second kappa shape index (κ2) is 8.88. The van der Waals surface area contributed by atoms with Gasteiger partial charge in [-0.25, -0.2) is 4.39 Å². The van der Waals surface area contributed by atoms with Crippen LogP contribution >= 0.6 is 11.8 Å². The van der Waals surface area contributed by atoms with Crippen LogP contribution in [0.2, 0.25) is 0 Å². The molecule has 1 amide bonds. The molecule has 0 aliphatic carbocycles. The lowest BCUT2D eigenvalue weighted by atomic mass is 10.2. The Morgan fingerprint density at radius 3 is 2.64 bits per heavy atom. The van der Waals surface area contributed by atoms with Crippen molar-refractivity contribution in [3.63, 3.8) is 0 Å². The summed E-state index contributed by atoms with van der Waals surface area (Å²) in [5.41, 5.74) is 1.67. The molecule has 0 saturated heterocycles. The molecule has 1 N–H and O–H groups in total. The van der Waals surface area contributed by atoms with Gasteiger partial charge in [-0.05, 0) is 36.8 Å². The van der Waals surface area contributed by atoms with Crippen LogP contribution in [0.3, 0.4) is 0 Å². The van der Waals surface area contributed by atoms with Gasteiger partial charge in [0.2, 0.25) is 5.91 Å². The minimum Gasteiger partial charge on any atom is -0.496 e. The zero-order valence-electron chi connectivity index (χ0n) is 15.8. The molecule has 3 aromatic rings. The summed E-state index contributed by atoms with van der Waals surface area (Å²) in [6.07, 6.45) is 0. The smallest absolute Gasteiger partial charge is 0.233 e. The minimum absolute atomic E-state index is 0.129. The van der Waals surface area contributed by atoms with Gasteiger partial charge in [-0.15, -0.1) is 10.2 Å². The highest BCUT2D eigenvalue weighted by Gasteiger charge is 2.20. The number of carbonyl (C=O) groups is 1. The fourth-order valence-corrected chi connectivity index (χ4v) is 3.47. The van der Waals surface area contributed by atoms with E-state index in [-0.39, 0.29) is 17.0 Å². The van der Waals surface area contributed by atoms with Crippen molar-refractivity contribution in [1.29, 1.82) is 0 Å². The Balaban J connectivity index is 1.65. The van der Waals surface area contributed by atoms with Crippen LogP contribution in [0.4, 0.5) is 4.39 Å². The molecule has 0 fully saturated rings. The number of hydrogen-bond donors (Lipinski definition) is 1. The summed E-state index contributed by atoms with van der Waals surface area (Å²) < 4.78 is 20.2. The highest BCUT2D eigenvalue weighted by Crippen LogP contribution is 2.31. The number of aromatic nitrogens is 3. The Bertz CT molecular complexity index is 959. The van der Waals surface area contributed by atoms with Gasteiger partial charge in [0.1, 0.15) is 11.6 Å². The number of hydrogen-bond acceptors (Lipinski definition) is 5. The molecular formula is C20H21FN4O2S. The van der Waals surface area contributed by atoms with E-state index in [9.17, 15) is 9.18 Å². The SMILES string of the molecule is COc1ccccc1-c1nnc(S[C@@H](C)C(=O)NCc2ccc(F)cc2)n1C. The molecule has 8 heteroatoms. The molecule has 146 valence electrons. The minimum atomic E-state index is -0.367. The van der Waals surface area contributed by atoms with Crippen LogP contribution in [-0.2, 0) is 18.4 Å². The number of thioether (sulfide) groups is 1. The number of methoxy groups -OCH3 is 1. The number of rotatable bonds is 7. The molecule has 1 atom stereocenters. The lowest BCUT2D eigenvalue weighted by Crippen LogP contribution is -2.30. The summed E-state index contributed by atoms with van der Waals surface area (Å²) in [5.74, 6) is 0.946. The number of carbonyl (C=O) groups excluding carboxylic acids is 1. The first-order chi connectivity index (χ1) is 13.5. The standard InChI is InChI=1S/C20H21FN4O2S/c1-13(19(26)22-12-14-8-10-15(21)11-9-14)28-20-24-23-18(25(20)2)16-6-4-5-7-17(16)27-3/h4-11,13H,12H2,1-3H3,(H,22,26)/t13-/m0/s1. The van der Waals surface area contributed by atoms with Crippen molar-refractivity contribution in [3.8, 4) is 17.1 Å². The van der Waals surface area contributed by atoms with Gasteiger partial charge in [-0.3, -0.25) is 4.79 Å². The summed E-state index contributed by atoms with van der Waals surface area (Å²) in [5, 5.41) is 11.6. The van der Waals surface area contributed by atoms with Crippen LogP contribution in [0.1, 0.15) is 12.5 Å². The van der Waals surface area contributed by atoms with E-state index in [4.69, 9.17) is 4.74 Å². The fourth-order valence-electron chi connectivity index (χ4n) is 2.63. The molecule has 3 rings (SSSR count). The van der Waals surface area contributed by atoms with E-state index in [1.165, 1.54) is 23.9 Å². The Kier molecular flexibility index (Phi) is 6.30. The Labute approximate surface area is 167 Å². The summed E-state index contributed by atoms with van der Waals surface area (Å²) in [4.78, 5) is 12.4. The monoisotopic (exact) mass is 400 g/mol. The molecule has 0 spiro atoms. The summed E-state index contributed by atoms with van der Waals surface area (Å²) in [7, 11) is 3.46. The van der Waals surface area contributed by atoms with E-state index in [2.05, 4.69) is 15.5 Å². The lowest BCUT2D eigenvalue weighted by molar-refractivity contribution is -0.120. The van der Waals surface area contributed by atoms with Gasteiger partial charge in [0.05, 0.1) is 17.9 Å². The maximum Gasteiger partial charge on any atom is 0.233 e. The van der Waals surface area contributed by atoms with Gasteiger partial charge in [0.15, 0.2) is 11.0 Å². The quantitative estimate of drug-likeness (QED) is 0.616. The highest BCUT2D eigenvalue weighted by molar-refractivity contribution is 8.00. The van der Waals surface area contributed by atoms with E-state index < -0.39 is 0 Å². The summed E-state index contributed by atoms with van der Waals surface area (Å²) in [6.45, 7) is 2.15. The van der Waals surface area contributed by atoms with Gasteiger partial charge in [-0.1, -0.05) is 36.0 Å². The Morgan fingerprint density at radius 2 is 1.93 bits per heavy atom. The number of nitrogens with one attached hydrogen (secondary N) is 1. The molecule has 0 unspecified atom stereocenters. The molecule has 0 aliphatic rings. The Morgan fingerprint density at radius 1 is 1.21 bits per heavy atom. The number of nitrogens with zero attached hydrogens (tertiary/aromatic N) is 3. The third kappa shape index (κ3) is 4.51. The normalized spacial score (nSPS) is 11.9. The largest absolute Gasteiger partial charge is 0.496 e. The van der Waals surface area contributed by atoms with Crippen LogP contribution in [0.5, 0.6) is 5.75 Å². The topological polar surface area (TPSA) is 69.0 Å². The summed E-state index contributed by atoms with van der Waals surface area (Å²) >= 11 is 1.32. The predicted molar refractivity (Wildman–Crippen MR) is 107 cm³/mol. The second-order valence-electron chi connectivity index (χ2n) is 6.17. The number of benzene rings is 2. The van der Waals surface area contributed by atoms with Crippen LogP contribution in [0.15, 0.2) is 53.7 Å². The fraction of sp³-hybridized carbons (Fsp3) is 0.250. The summed E-state index contributed by atoms with van der Waals surface area (Å²) in [6, 6.07) is 13.6. The van der Waals surface area contributed by atoms with Crippen LogP contribution in [-0.4, -0.2) is 33.0 Å². The van der Waals surface area contributed by atoms with Gasteiger partial charge >= 0.3 is 0 Å². The third-order valence-electron chi connectivity index (χ3n) is 4.21. The first-order valence-electron chi connectivity index (χ1n) is 8.71. The highest BCUT2D eigenvalue weighted by atomic mass is 32.2. The van der Waals surface area contributed by atoms with Crippen molar-refractivity contribution in [3.05, 3.63) is 59.9 Å². The van der Waals surface area contributed by atoms with Crippen LogP contribution in [0, 0.1) is 5.82 Å². The molecule has 1 aromatic heterocycles. The Hall–Kier alpha value is -2.87. The molecule has 0 saturated carbocycles. The number of halogens is 1. The van der Waals surface area contributed by atoms with E-state index in [0.717, 1.165) is 11.1 Å². The van der Waals surface area contributed by atoms with Crippen molar-refractivity contribution >= 4 is 17.7 Å². The van der Waals surface area contributed by atoms with Crippen molar-refractivity contribution in [2.75, 3.05) is 7.11 Å². The van der Waals surface area contributed by atoms with E-state index in [1.54, 1.807) is 19.2 Å². The van der Waals surface area contributed by atoms with Gasteiger partial charge < -0.3 is 14.6 Å². The molecular weight excluding hydrogens is 379 g/mol. The van der Waals surface area contributed by atoms with E-state index >= 15 is 0 Å². The molecule has 28 heavy (non-hydrogen) atoms.